The van der Waals surface area contributed by atoms with E-state index in [0.717, 1.165) is 12.5 Å². The molecule has 104 valence electrons. The van der Waals surface area contributed by atoms with Crippen molar-refractivity contribution in [2.75, 3.05) is 6.54 Å². The van der Waals surface area contributed by atoms with E-state index in [1.54, 1.807) is 0 Å². The Morgan fingerprint density at radius 3 is 2.33 bits per heavy atom. The summed E-state index contributed by atoms with van der Waals surface area (Å²) < 4.78 is 0. The van der Waals surface area contributed by atoms with Gasteiger partial charge in [0.05, 0.1) is 0 Å². The van der Waals surface area contributed by atoms with Gasteiger partial charge in [0.1, 0.15) is 0 Å². The minimum absolute atomic E-state index is 0.468. The second-order valence-corrected chi connectivity index (χ2v) is 6.55. The molecule has 0 spiro atoms. The lowest BCUT2D eigenvalue weighted by molar-refractivity contribution is 0.370. The van der Waals surface area contributed by atoms with Crippen LogP contribution < -0.4 is 11.1 Å². The molecular weight excluding hydrogens is 222 g/mol. The van der Waals surface area contributed by atoms with Gasteiger partial charge in [0, 0.05) is 12.6 Å². The molecule has 2 fully saturated rings. The molecule has 3 N–H and O–H groups in total. The number of guanidine groups is 1. The predicted octanol–water partition coefficient (Wildman–Crippen LogP) is 3.05. The Morgan fingerprint density at radius 1 is 1.22 bits per heavy atom. The molecule has 3 nitrogen and oxygen atoms in total. The summed E-state index contributed by atoms with van der Waals surface area (Å²) in [5, 5.41) is 3.43. The molecule has 18 heavy (non-hydrogen) atoms. The average molecular weight is 251 g/mol. The van der Waals surface area contributed by atoms with Gasteiger partial charge in [0.25, 0.3) is 0 Å². The summed E-state index contributed by atoms with van der Waals surface area (Å²) in [6, 6.07) is 0.561. The minimum Gasteiger partial charge on any atom is -0.370 e. The largest absolute Gasteiger partial charge is 0.370 e. The highest BCUT2D eigenvalue weighted by atomic mass is 15.1. The number of nitrogens with zero attached hydrogens (tertiary/aromatic N) is 1. The SMILES string of the molecule is CC(C)C1(CN=C(N)NC2CCCCCC2)CC1. The van der Waals surface area contributed by atoms with Crippen molar-refractivity contribution in [3.63, 3.8) is 0 Å². The highest BCUT2D eigenvalue weighted by Gasteiger charge is 2.45. The summed E-state index contributed by atoms with van der Waals surface area (Å²) in [7, 11) is 0. The van der Waals surface area contributed by atoms with E-state index < -0.39 is 0 Å². The maximum atomic E-state index is 6.03. The molecule has 2 aliphatic carbocycles. The van der Waals surface area contributed by atoms with Gasteiger partial charge in [-0.05, 0) is 37.0 Å². The first-order valence-electron chi connectivity index (χ1n) is 7.69. The molecule has 2 saturated carbocycles. The van der Waals surface area contributed by atoms with Crippen molar-refractivity contribution in [2.24, 2.45) is 22.1 Å². The van der Waals surface area contributed by atoms with Crippen LogP contribution in [0.25, 0.3) is 0 Å². The first-order chi connectivity index (χ1) is 8.62. The van der Waals surface area contributed by atoms with Crippen molar-refractivity contribution in [3.8, 4) is 0 Å². The van der Waals surface area contributed by atoms with Gasteiger partial charge in [-0.3, -0.25) is 4.99 Å². The van der Waals surface area contributed by atoms with Gasteiger partial charge in [0.2, 0.25) is 0 Å². The fourth-order valence-corrected chi connectivity index (χ4v) is 3.00. The van der Waals surface area contributed by atoms with Crippen molar-refractivity contribution >= 4 is 5.96 Å². The van der Waals surface area contributed by atoms with E-state index in [0.29, 0.717) is 17.4 Å². The third-order valence-electron chi connectivity index (χ3n) is 4.89. The van der Waals surface area contributed by atoms with Gasteiger partial charge in [0.15, 0.2) is 5.96 Å². The van der Waals surface area contributed by atoms with E-state index in [2.05, 4.69) is 24.2 Å². The fraction of sp³-hybridized carbons (Fsp3) is 0.933. The summed E-state index contributed by atoms with van der Waals surface area (Å²) >= 11 is 0. The van der Waals surface area contributed by atoms with Crippen molar-refractivity contribution in [1.82, 2.24) is 5.32 Å². The molecule has 0 saturated heterocycles. The molecule has 2 aliphatic rings. The number of aliphatic imine (C=N–C) groups is 1. The van der Waals surface area contributed by atoms with Gasteiger partial charge in [-0.2, -0.15) is 0 Å². The van der Waals surface area contributed by atoms with Gasteiger partial charge in [-0.15, -0.1) is 0 Å². The number of nitrogens with two attached hydrogens (primary N) is 1. The molecule has 0 atom stereocenters. The predicted molar refractivity (Wildman–Crippen MR) is 77.6 cm³/mol. The molecule has 0 unspecified atom stereocenters. The van der Waals surface area contributed by atoms with Crippen LogP contribution in [0.15, 0.2) is 4.99 Å². The molecule has 2 rings (SSSR count). The average Bonchev–Trinajstić information content (AvgIpc) is 3.12. The van der Waals surface area contributed by atoms with E-state index in [9.17, 15) is 0 Å². The van der Waals surface area contributed by atoms with Crippen LogP contribution in [-0.2, 0) is 0 Å². The highest BCUT2D eigenvalue weighted by Crippen LogP contribution is 2.51. The first kappa shape index (κ1) is 13.7. The summed E-state index contributed by atoms with van der Waals surface area (Å²) in [5.74, 6) is 1.40. The van der Waals surface area contributed by atoms with Crippen LogP contribution in [0.3, 0.4) is 0 Å². The van der Waals surface area contributed by atoms with Gasteiger partial charge in [-0.25, -0.2) is 0 Å². The van der Waals surface area contributed by atoms with Crippen molar-refractivity contribution < 1.29 is 0 Å². The summed E-state index contributed by atoms with van der Waals surface area (Å²) in [6.07, 6.45) is 10.6. The van der Waals surface area contributed by atoms with Crippen molar-refractivity contribution in [2.45, 2.75) is 71.3 Å². The maximum absolute atomic E-state index is 6.03. The van der Waals surface area contributed by atoms with Gasteiger partial charge < -0.3 is 11.1 Å². The van der Waals surface area contributed by atoms with E-state index in [-0.39, 0.29) is 0 Å². The number of hydrogen-bond acceptors (Lipinski definition) is 1. The topological polar surface area (TPSA) is 50.4 Å². The zero-order chi connectivity index (χ0) is 13.0. The molecule has 0 bridgehead atoms. The molecule has 0 radical (unpaired) electrons. The quantitative estimate of drug-likeness (QED) is 0.458. The van der Waals surface area contributed by atoms with Crippen LogP contribution >= 0.6 is 0 Å². The molecule has 3 heteroatoms. The number of nitrogens with one attached hydrogen (secondary N) is 1. The van der Waals surface area contributed by atoms with Crippen LogP contribution in [0.2, 0.25) is 0 Å². The Balaban J connectivity index is 1.78. The Hall–Kier alpha value is -0.730. The summed E-state index contributed by atoms with van der Waals surface area (Å²) in [4.78, 5) is 4.59. The lowest BCUT2D eigenvalue weighted by Gasteiger charge is -2.19. The zero-order valence-electron chi connectivity index (χ0n) is 12.0. The van der Waals surface area contributed by atoms with Crippen LogP contribution in [0.5, 0.6) is 0 Å². The Kier molecular flexibility index (Phi) is 4.52. The summed E-state index contributed by atoms with van der Waals surface area (Å²) in [6.45, 7) is 5.52. The third-order valence-corrected chi connectivity index (χ3v) is 4.89. The highest BCUT2D eigenvalue weighted by molar-refractivity contribution is 5.78. The second kappa shape index (κ2) is 5.94. The molecule has 0 amide bonds. The Labute approximate surface area is 112 Å². The molecule has 0 aromatic heterocycles. The lowest BCUT2D eigenvalue weighted by Crippen LogP contribution is -2.40. The van der Waals surface area contributed by atoms with Crippen LogP contribution in [-0.4, -0.2) is 18.5 Å². The Morgan fingerprint density at radius 2 is 1.83 bits per heavy atom. The molecule has 0 aliphatic heterocycles. The van der Waals surface area contributed by atoms with Crippen LogP contribution in [0.1, 0.15) is 65.2 Å². The molecule has 0 aromatic rings. The number of hydrogen-bond donors (Lipinski definition) is 2. The fourth-order valence-electron chi connectivity index (χ4n) is 3.00. The minimum atomic E-state index is 0.468. The van der Waals surface area contributed by atoms with Crippen LogP contribution in [0.4, 0.5) is 0 Å². The third kappa shape index (κ3) is 3.63. The maximum Gasteiger partial charge on any atom is 0.188 e. The second-order valence-electron chi connectivity index (χ2n) is 6.55. The van der Waals surface area contributed by atoms with E-state index in [1.165, 1.54) is 51.4 Å². The molecule has 0 heterocycles. The molecular formula is C15H29N3. The summed E-state index contributed by atoms with van der Waals surface area (Å²) in [5.41, 5.74) is 6.50. The van der Waals surface area contributed by atoms with E-state index in [4.69, 9.17) is 5.73 Å². The first-order valence-corrected chi connectivity index (χ1v) is 7.69. The smallest absolute Gasteiger partial charge is 0.188 e. The van der Waals surface area contributed by atoms with E-state index >= 15 is 0 Å². The van der Waals surface area contributed by atoms with E-state index in [1.807, 2.05) is 0 Å². The Bertz CT molecular complexity index is 284. The van der Waals surface area contributed by atoms with Crippen molar-refractivity contribution in [1.29, 1.82) is 0 Å². The monoisotopic (exact) mass is 251 g/mol. The lowest BCUT2D eigenvalue weighted by atomic mass is 9.93. The standard InChI is InChI=1S/C15H29N3/c1-12(2)15(9-10-15)11-17-14(16)18-13-7-5-3-4-6-8-13/h12-13H,3-11H2,1-2H3,(H3,16,17,18). The van der Waals surface area contributed by atoms with Crippen LogP contribution in [0, 0.1) is 11.3 Å². The van der Waals surface area contributed by atoms with Gasteiger partial charge in [-0.1, -0.05) is 39.5 Å². The number of rotatable bonds is 4. The normalized spacial score (nSPS) is 24.9. The van der Waals surface area contributed by atoms with Crippen molar-refractivity contribution in [3.05, 3.63) is 0 Å². The zero-order valence-corrected chi connectivity index (χ0v) is 12.0. The van der Waals surface area contributed by atoms with Gasteiger partial charge >= 0.3 is 0 Å². The molecule has 0 aromatic carbocycles.